The Bertz CT molecular complexity index is 328. The predicted octanol–water partition coefficient (Wildman–Crippen LogP) is 2.73. The third-order valence-electron chi connectivity index (χ3n) is 5.50. The van der Waals surface area contributed by atoms with Crippen LogP contribution in [0, 0.1) is 5.41 Å². The number of amides is 1. The van der Waals surface area contributed by atoms with E-state index >= 15 is 0 Å². The lowest BCUT2D eigenvalue weighted by Crippen LogP contribution is -2.46. The number of carbonyl (C=O) groups excluding carboxylic acids is 1. The fourth-order valence-corrected chi connectivity index (χ4v) is 4.23. The van der Waals surface area contributed by atoms with Crippen LogP contribution in [0.5, 0.6) is 0 Å². The van der Waals surface area contributed by atoms with Gasteiger partial charge < -0.3 is 10.2 Å². The Kier molecular flexibility index (Phi) is 4.78. The van der Waals surface area contributed by atoms with Crippen LogP contribution in [0.15, 0.2) is 0 Å². The highest BCUT2D eigenvalue weighted by atomic mass is 35.5. The first-order valence-electron chi connectivity index (χ1n) is 7.79. The molecule has 2 atom stereocenters. The Hall–Kier alpha value is -0.280. The Morgan fingerprint density at radius 2 is 1.89 bits per heavy atom. The largest absolute Gasteiger partial charge is 0.341 e. The molecular formula is C15H27ClN2O. The maximum atomic E-state index is 12.9. The highest BCUT2D eigenvalue weighted by Crippen LogP contribution is 2.43. The summed E-state index contributed by atoms with van der Waals surface area (Å²) < 4.78 is 0. The van der Waals surface area contributed by atoms with Gasteiger partial charge in [0.1, 0.15) is 0 Å². The fraction of sp³-hybridized carbons (Fsp3) is 0.933. The minimum atomic E-state index is 0. The second kappa shape index (κ2) is 6.01. The van der Waals surface area contributed by atoms with E-state index in [-0.39, 0.29) is 17.8 Å². The summed E-state index contributed by atoms with van der Waals surface area (Å²) in [5.41, 5.74) is 0.00356. The van der Waals surface area contributed by atoms with E-state index in [1.165, 1.54) is 25.7 Å². The van der Waals surface area contributed by atoms with Gasteiger partial charge in [-0.1, -0.05) is 19.8 Å². The summed E-state index contributed by atoms with van der Waals surface area (Å²) in [6.45, 7) is 4.14. The molecule has 3 nitrogen and oxygen atoms in total. The smallest absolute Gasteiger partial charge is 0.228 e. The van der Waals surface area contributed by atoms with Crippen LogP contribution in [0.2, 0.25) is 0 Å². The molecule has 1 N–H and O–H groups in total. The van der Waals surface area contributed by atoms with Crippen molar-refractivity contribution in [2.75, 3.05) is 13.1 Å². The monoisotopic (exact) mass is 286 g/mol. The van der Waals surface area contributed by atoms with Gasteiger partial charge in [0.2, 0.25) is 5.91 Å². The molecule has 0 spiro atoms. The van der Waals surface area contributed by atoms with Crippen molar-refractivity contribution < 1.29 is 4.79 Å². The van der Waals surface area contributed by atoms with Crippen LogP contribution in [-0.2, 0) is 4.79 Å². The van der Waals surface area contributed by atoms with Crippen molar-refractivity contribution in [1.82, 2.24) is 10.2 Å². The van der Waals surface area contributed by atoms with Crippen LogP contribution in [-0.4, -0.2) is 36.0 Å². The van der Waals surface area contributed by atoms with Crippen molar-refractivity contribution in [1.29, 1.82) is 0 Å². The zero-order valence-corrected chi connectivity index (χ0v) is 12.8. The average molecular weight is 287 g/mol. The van der Waals surface area contributed by atoms with E-state index in [0.717, 1.165) is 38.8 Å². The summed E-state index contributed by atoms with van der Waals surface area (Å²) in [5.74, 6) is 0.469. The van der Waals surface area contributed by atoms with Gasteiger partial charge in [0.15, 0.2) is 0 Å². The number of halogens is 1. The van der Waals surface area contributed by atoms with E-state index in [9.17, 15) is 4.79 Å². The summed E-state index contributed by atoms with van der Waals surface area (Å²) in [6, 6.07) is 1.24. The number of hydrogen-bond acceptors (Lipinski definition) is 2. The molecule has 0 aromatic carbocycles. The molecule has 3 aliphatic rings. The number of nitrogens with one attached hydrogen (secondary N) is 1. The van der Waals surface area contributed by atoms with E-state index in [1.54, 1.807) is 0 Å². The van der Waals surface area contributed by atoms with Crippen LogP contribution < -0.4 is 5.32 Å². The van der Waals surface area contributed by atoms with Crippen molar-refractivity contribution >= 4 is 18.3 Å². The molecular weight excluding hydrogens is 260 g/mol. The maximum absolute atomic E-state index is 12.9. The second-order valence-electron chi connectivity index (χ2n) is 6.52. The van der Waals surface area contributed by atoms with Crippen molar-refractivity contribution in [2.24, 2.45) is 5.41 Å². The molecule has 2 bridgehead atoms. The molecule has 2 heterocycles. The van der Waals surface area contributed by atoms with Crippen molar-refractivity contribution in [2.45, 2.75) is 70.4 Å². The molecule has 1 amide bonds. The third-order valence-corrected chi connectivity index (χ3v) is 5.50. The zero-order valence-electron chi connectivity index (χ0n) is 12.0. The molecule has 2 unspecified atom stereocenters. The summed E-state index contributed by atoms with van der Waals surface area (Å²) in [7, 11) is 0. The molecule has 3 rings (SSSR count). The molecule has 1 saturated carbocycles. The summed E-state index contributed by atoms with van der Waals surface area (Å²) in [4.78, 5) is 15.1. The summed E-state index contributed by atoms with van der Waals surface area (Å²) >= 11 is 0. The highest BCUT2D eigenvalue weighted by Gasteiger charge is 2.43. The molecule has 2 aliphatic heterocycles. The highest BCUT2D eigenvalue weighted by molar-refractivity contribution is 5.85. The summed E-state index contributed by atoms with van der Waals surface area (Å²) in [6.07, 6.45) is 9.50. The Morgan fingerprint density at radius 1 is 1.21 bits per heavy atom. The van der Waals surface area contributed by atoms with Gasteiger partial charge in [0.05, 0.1) is 0 Å². The van der Waals surface area contributed by atoms with E-state index in [2.05, 4.69) is 17.1 Å². The number of nitrogens with zero attached hydrogens (tertiary/aromatic N) is 1. The van der Waals surface area contributed by atoms with Gasteiger partial charge in [-0.05, 0) is 38.5 Å². The minimum Gasteiger partial charge on any atom is -0.341 e. The van der Waals surface area contributed by atoms with Gasteiger partial charge in [0, 0.05) is 30.6 Å². The van der Waals surface area contributed by atoms with E-state index in [0.29, 0.717) is 18.0 Å². The van der Waals surface area contributed by atoms with Crippen molar-refractivity contribution in [3.05, 3.63) is 0 Å². The van der Waals surface area contributed by atoms with Gasteiger partial charge in [0.25, 0.3) is 0 Å². The van der Waals surface area contributed by atoms with Crippen LogP contribution in [0.4, 0.5) is 0 Å². The maximum Gasteiger partial charge on any atom is 0.228 e. The van der Waals surface area contributed by atoms with Crippen LogP contribution >= 0.6 is 12.4 Å². The van der Waals surface area contributed by atoms with Gasteiger partial charge in [-0.3, -0.25) is 4.79 Å². The molecule has 4 heteroatoms. The molecule has 0 radical (unpaired) electrons. The van der Waals surface area contributed by atoms with E-state index in [4.69, 9.17) is 0 Å². The van der Waals surface area contributed by atoms with E-state index in [1.807, 2.05) is 0 Å². The lowest BCUT2D eigenvalue weighted by molar-refractivity contribution is -0.142. The van der Waals surface area contributed by atoms with Gasteiger partial charge >= 0.3 is 0 Å². The topological polar surface area (TPSA) is 32.3 Å². The average Bonchev–Trinajstić information content (AvgIpc) is 2.96. The quantitative estimate of drug-likeness (QED) is 0.847. The van der Waals surface area contributed by atoms with Crippen molar-refractivity contribution in [3.63, 3.8) is 0 Å². The fourth-order valence-electron chi connectivity index (χ4n) is 4.23. The molecule has 110 valence electrons. The number of likely N-dealkylation sites (tertiary alicyclic amines) is 1. The normalized spacial score (nSPS) is 32.8. The number of hydrogen-bond donors (Lipinski definition) is 1. The Balaban J connectivity index is 0.00000133. The van der Waals surface area contributed by atoms with Gasteiger partial charge in [-0.15, -0.1) is 12.4 Å². The molecule has 19 heavy (non-hydrogen) atoms. The Labute approximate surface area is 122 Å². The number of fused-ring (bicyclic) bond motifs is 2. The van der Waals surface area contributed by atoms with Crippen molar-refractivity contribution in [3.8, 4) is 0 Å². The van der Waals surface area contributed by atoms with E-state index < -0.39 is 0 Å². The minimum absolute atomic E-state index is 0. The SMILES string of the molecule is CCC1(C(=O)N2CCC3CCC(C2)N3)CCCC1.Cl. The Morgan fingerprint density at radius 3 is 2.58 bits per heavy atom. The lowest BCUT2D eigenvalue weighted by Gasteiger charge is -2.34. The first-order chi connectivity index (χ1) is 8.73. The first-order valence-corrected chi connectivity index (χ1v) is 7.79. The van der Waals surface area contributed by atoms with Crippen LogP contribution in [0.1, 0.15) is 58.3 Å². The number of carbonyl (C=O) groups is 1. The molecule has 3 fully saturated rings. The van der Waals surface area contributed by atoms with Crippen LogP contribution in [0.25, 0.3) is 0 Å². The molecule has 0 aromatic heterocycles. The van der Waals surface area contributed by atoms with Gasteiger partial charge in [-0.2, -0.15) is 0 Å². The number of rotatable bonds is 2. The third kappa shape index (κ3) is 2.78. The molecule has 1 aliphatic carbocycles. The second-order valence-corrected chi connectivity index (χ2v) is 6.52. The van der Waals surface area contributed by atoms with Crippen LogP contribution in [0.3, 0.4) is 0 Å². The summed E-state index contributed by atoms with van der Waals surface area (Å²) in [5, 5.41) is 3.66. The van der Waals surface area contributed by atoms with Gasteiger partial charge in [-0.25, -0.2) is 0 Å². The first kappa shape index (κ1) is 15.1. The molecule has 0 aromatic rings. The molecule has 2 saturated heterocycles. The predicted molar refractivity (Wildman–Crippen MR) is 79.6 cm³/mol. The lowest BCUT2D eigenvalue weighted by atomic mass is 9.81. The standard InChI is InChI=1S/C15H26N2O.ClH/c1-2-15(8-3-4-9-15)14(18)17-10-7-12-5-6-13(11-17)16-12;/h12-13,16H,2-11H2,1H3;1H. The zero-order chi connectivity index (χ0) is 12.6.